The Morgan fingerprint density at radius 3 is 2.24 bits per heavy atom. The number of likely N-dealkylation sites (N-methyl/N-ethyl adjacent to an activating group) is 1. The first kappa shape index (κ1) is 27.3. The van der Waals surface area contributed by atoms with E-state index in [0.29, 0.717) is 12.2 Å². The van der Waals surface area contributed by atoms with Crippen molar-refractivity contribution in [2.24, 2.45) is 0 Å². The van der Waals surface area contributed by atoms with Crippen LogP contribution in [0.25, 0.3) is 0 Å². The number of ether oxygens (including phenoxy) is 2. The summed E-state index contributed by atoms with van der Waals surface area (Å²) in [5.74, 6) is -0.0201. The number of nitrogens with zero attached hydrogens (tertiary/aromatic N) is 2. The fourth-order valence-electron chi connectivity index (χ4n) is 3.47. The number of carbonyl (C=O) groups excluding carboxylic acids is 2. The second-order valence-corrected chi connectivity index (χ2v) is 9.84. The first-order valence-corrected chi connectivity index (χ1v) is 12.7. The molecule has 1 N–H and O–H groups in total. The zero-order valence-electron chi connectivity index (χ0n) is 19.9. The third-order valence-electron chi connectivity index (χ3n) is 5.23. The number of sulfonamides is 1. The molecule has 0 aliphatic carbocycles. The largest absolute Gasteiger partial charge is 0.497 e. The van der Waals surface area contributed by atoms with Crippen molar-refractivity contribution in [2.45, 2.75) is 25.9 Å². The molecule has 2 amide bonds. The van der Waals surface area contributed by atoms with E-state index in [1.54, 1.807) is 44.4 Å². The van der Waals surface area contributed by atoms with Gasteiger partial charge >= 0.3 is 0 Å². The van der Waals surface area contributed by atoms with Crippen LogP contribution in [0.15, 0.2) is 42.5 Å². The summed E-state index contributed by atoms with van der Waals surface area (Å²) in [7, 11) is 0.522. The fraction of sp³-hybridized carbons (Fsp3) is 0.391. The number of methoxy groups -OCH3 is 2. The lowest BCUT2D eigenvalue weighted by molar-refractivity contribution is -0.140. The summed E-state index contributed by atoms with van der Waals surface area (Å²) in [6.07, 6.45) is 1.32. The van der Waals surface area contributed by atoms with Crippen molar-refractivity contribution >= 4 is 39.1 Å². The van der Waals surface area contributed by atoms with Gasteiger partial charge in [-0.3, -0.25) is 13.9 Å². The molecule has 11 heteroatoms. The molecule has 2 rings (SSSR count). The standard InChI is InChI=1S/C23H30ClN3O6S/c1-6-19(23(29)25-2)26(14-16-7-10-18(32-3)11-8-16)22(28)15-27(34(5,30)31)20-13-17(24)9-12-21(20)33-4/h7-13,19H,6,14-15H2,1-5H3,(H,25,29)/t19-/m1/s1. The van der Waals surface area contributed by atoms with Crippen LogP contribution < -0.4 is 19.1 Å². The number of halogens is 1. The number of hydrogen-bond donors (Lipinski definition) is 1. The van der Waals surface area contributed by atoms with E-state index in [9.17, 15) is 18.0 Å². The van der Waals surface area contributed by atoms with Gasteiger partial charge in [0.05, 0.1) is 26.2 Å². The summed E-state index contributed by atoms with van der Waals surface area (Å²) in [6, 6.07) is 10.8. The maximum atomic E-state index is 13.5. The minimum Gasteiger partial charge on any atom is -0.497 e. The summed E-state index contributed by atoms with van der Waals surface area (Å²) >= 11 is 6.10. The maximum Gasteiger partial charge on any atom is 0.244 e. The van der Waals surface area contributed by atoms with Gasteiger partial charge < -0.3 is 19.7 Å². The smallest absolute Gasteiger partial charge is 0.244 e. The molecule has 0 unspecified atom stereocenters. The molecule has 0 spiro atoms. The Labute approximate surface area is 205 Å². The molecule has 0 aliphatic rings. The molecule has 0 saturated carbocycles. The fourth-order valence-corrected chi connectivity index (χ4v) is 4.48. The van der Waals surface area contributed by atoms with Crippen molar-refractivity contribution in [1.29, 1.82) is 0 Å². The van der Waals surface area contributed by atoms with Gasteiger partial charge in [0.1, 0.15) is 24.1 Å². The van der Waals surface area contributed by atoms with E-state index in [0.717, 1.165) is 16.1 Å². The quantitative estimate of drug-likeness (QED) is 0.497. The zero-order chi connectivity index (χ0) is 25.5. The summed E-state index contributed by atoms with van der Waals surface area (Å²) in [4.78, 5) is 27.5. The Kier molecular flexibility index (Phi) is 9.57. The van der Waals surface area contributed by atoms with Crippen LogP contribution in [0.2, 0.25) is 5.02 Å². The predicted molar refractivity (Wildman–Crippen MR) is 132 cm³/mol. The number of anilines is 1. The van der Waals surface area contributed by atoms with Crippen LogP contribution >= 0.6 is 11.6 Å². The molecule has 9 nitrogen and oxygen atoms in total. The molecule has 1 atom stereocenters. The molecule has 2 aromatic rings. The number of rotatable bonds is 11. The van der Waals surface area contributed by atoms with Crippen LogP contribution in [-0.2, 0) is 26.2 Å². The number of benzene rings is 2. The molecule has 0 aliphatic heterocycles. The van der Waals surface area contributed by atoms with E-state index in [1.165, 1.54) is 31.2 Å². The molecule has 0 aromatic heterocycles. The van der Waals surface area contributed by atoms with E-state index < -0.39 is 28.5 Å². The second kappa shape index (κ2) is 11.9. The molecule has 2 aromatic carbocycles. The summed E-state index contributed by atoms with van der Waals surface area (Å²) < 4.78 is 36.8. The van der Waals surface area contributed by atoms with Crippen molar-refractivity contribution in [1.82, 2.24) is 10.2 Å². The van der Waals surface area contributed by atoms with E-state index in [1.807, 2.05) is 0 Å². The highest BCUT2D eigenvalue weighted by atomic mass is 35.5. The molecule has 0 radical (unpaired) electrons. The van der Waals surface area contributed by atoms with Crippen molar-refractivity contribution < 1.29 is 27.5 Å². The highest BCUT2D eigenvalue weighted by Gasteiger charge is 2.32. The maximum absolute atomic E-state index is 13.5. The highest BCUT2D eigenvalue weighted by Crippen LogP contribution is 2.33. The predicted octanol–water partition coefficient (Wildman–Crippen LogP) is 2.68. The first-order chi connectivity index (χ1) is 16.0. The highest BCUT2D eigenvalue weighted by molar-refractivity contribution is 7.92. The molecule has 0 fully saturated rings. The van der Waals surface area contributed by atoms with Crippen molar-refractivity contribution in [3.05, 3.63) is 53.1 Å². The molecule has 186 valence electrons. The van der Waals surface area contributed by atoms with Gasteiger partial charge in [-0.05, 0) is 42.3 Å². The second-order valence-electron chi connectivity index (χ2n) is 7.49. The van der Waals surface area contributed by atoms with Gasteiger partial charge in [0.2, 0.25) is 21.8 Å². The number of nitrogens with one attached hydrogen (secondary N) is 1. The normalized spacial score (nSPS) is 11.9. The lowest BCUT2D eigenvalue weighted by Gasteiger charge is -2.33. The zero-order valence-corrected chi connectivity index (χ0v) is 21.4. The van der Waals surface area contributed by atoms with Crippen LogP contribution in [0, 0.1) is 0 Å². The molecule has 34 heavy (non-hydrogen) atoms. The molecular weight excluding hydrogens is 482 g/mol. The Morgan fingerprint density at radius 1 is 1.09 bits per heavy atom. The van der Waals surface area contributed by atoms with Gasteiger partial charge in [-0.1, -0.05) is 30.7 Å². The van der Waals surface area contributed by atoms with Crippen molar-refractivity contribution in [3.63, 3.8) is 0 Å². The minimum absolute atomic E-state index is 0.0963. The van der Waals surface area contributed by atoms with Gasteiger partial charge in [0, 0.05) is 18.6 Å². The lowest BCUT2D eigenvalue weighted by atomic mass is 10.1. The van der Waals surface area contributed by atoms with Crippen LogP contribution in [0.1, 0.15) is 18.9 Å². The molecule has 0 bridgehead atoms. The first-order valence-electron chi connectivity index (χ1n) is 10.5. The summed E-state index contributed by atoms with van der Waals surface area (Å²) in [5.41, 5.74) is 0.881. The third-order valence-corrected chi connectivity index (χ3v) is 6.59. The van der Waals surface area contributed by atoms with Crippen LogP contribution in [0.4, 0.5) is 5.69 Å². The van der Waals surface area contributed by atoms with E-state index in [-0.39, 0.29) is 28.9 Å². The number of hydrogen-bond acceptors (Lipinski definition) is 6. The van der Waals surface area contributed by atoms with Gasteiger partial charge in [0.15, 0.2) is 0 Å². The monoisotopic (exact) mass is 511 g/mol. The van der Waals surface area contributed by atoms with Crippen LogP contribution in [0.5, 0.6) is 11.5 Å². The van der Waals surface area contributed by atoms with Crippen LogP contribution in [0.3, 0.4) is 0 Å². The van der Waals surface area contributed by atoms with Crippen molar-refractivity contribution in [2.75, 3.05) is 38.4 Å². The number of carbonyl (C=O) groups is 2. The minimum atomic E-state index is -3.91. The summed E-state index contributed by atoms with van der Waals surface area (Å²) in [5, 5.41) is 2.86. The van der Waals surface area contributed by atoms with Gasteiger partial charge in [0.25, 0.3) is 0 Å². The average molecular weight is 512 g/mol. The molecule has 0 heterocycles. The molecule has 0 saturated heterocycles. The lowest BCUT2D eigenvalue weighted by Crippen LogP contribution is -2.51. The topological polar surface area (TPSA) is 105 Å². The van der Waals surface area contributed by atoms with E-state index in [2.05, 4.69) is 5.32 Å². The van der Waals surface area contributed by atoms with Gasteiger partial charge in [-0.15, -0.1) is 0 Å². The van der Waals surface area contributed by atoms with Crippen molar-refractivity contribution in [3.8, 4) is 11.5 Å². The Bertz CT molecular complexity index is 1110. The van der Waals surface area contributed by atoms with E-state index >= 15 is 0 Å². The Balaban J connectivity index is 2.48. The SMILES string of the molecule is CC[C@H](C(=O)NC)N(Cc1ccc(OC)cc1)C(=O)CN(c1cc(Cl)ccc1OC)S(C)(=O)=O. The Hall–Kier alpha value is -2.98. The summed E-state index contributed by atoms with van der Waals surface area (Å²) in [6.45, 7) is 1.33. The number of amides is 2. The van der Waals surface area contributed by atoms with E-state index in [4.69, 9.17) is 21.1 Å². The Morgan fingerprint density at radius 2 is 1.74 bits per heavy atom. The van der Waals surface area contributed by atoms with Gasteiger partial charge in [-0.25, -0.2) is 8.42 Å². The third kappa shape index (κ3) is 6.77. The van der Waals surface area contributed by atoms with Gasteiger partial charge in [-0.2, -0.15) is 0 Å². The molecular formula is C23H30ClN3O6S. The van der Waals surface area contributed by atoms with Crippen LogP contribution in [-0.4, -0.2) is 65.2 Å². The average Bonchev–Trinajstić information content (AvgIpc) is 2.81.